The quantitative estimate of drug-likeness (QED) is 0.697. The maximum Gasteiger partial charge on any atom is 0.275 e. The Morgan fingerprint density at radius 2 is 1.81 bits per heavy atom. The van der Waals surface area contributed by atoms with Crippen molar-refractivity contribution in [3.8, 4) is 0 Å². The summed E-state index contributed by atoms with van der Waals surface area (Å²) in [5.41, 5.74) is 2.82. The number of nitrogens with zero attached hydrogens (tertiary/aromatic N) is 1. The molecule has 0 atom stereocenters. The molecule has 2 N–H and O–H groups in total. The van der Waals surface area contributed by atoms with Crippen LogP contribution in [0.3, 0.4) is 0 Å². The van der Waals surface area contributed by atoms with Crippen molar-refractivity contribution in [3.63, 3.8) is 0 Å². The molecule has 0 aliphatic carbocycles. The summed E-state index contributed by atoms with van der Waals surface area (Å²) < 4.78 is 27.0. The van der Waals surface area contributed by atoms with Crippen LogP contribution in [-0.2, 0) is 10.0 Å². The first kappa shape index (κ1) is 18.1. The Morgan fingerprint density at radius 1 is 1.08 bits per heavy atom. The van der Waals surface area contributed by atoms with Crippen molar-refractivity contribution in [1.82, 2.24) is 4.98 Å². The number of rotatable bonds is 5. The number of aryl methyl sites for hydroxylation is 2. The van der Waals surface area contributed by atoms with E-state index in [1.54, 1.807) is 18.2 Å². The fraction of sp³-hybridized carbons (Fsp3) is 0.111. The molecule has 8 heteroatoms. The number of anilines is 2. The molecule has 0 radical (unpaired) electrons. The van der Waals surface area contributed by atoms with Gasteiger partial charge in [0, 0.05) is 11.1 Å². The number of hydrogen-bond donors (Lipinski definition) is 2. The van der Waals surface area contributed by atoms with Crippen molar-refractivity contribution < 1.29 is 13.2 Å². The van der Waals surface area contributed by atoms with Crippen LogP contribution in [0.15, 0.2) is 58.8 Å². The average molecular weight is 387 g/mol. The van der Waals surface area contributed by atoms with Gasteiger partial charge in [0.25, 0.3) is 15.9 Å². The molecule has 134 valence electrons. The van der Waals surface area contributed by atoms with Crippen molar-refractivity contribution in [1.29, 1.82) is 0 Å². The molecule has 26 heavy (non-hydrogen) atoms. The number of hydrogen-bond acceptors (Lipinski definition) is 5. The summed E-state index contributed by atoms with van der Waals surface area (Å²) in [7, 11) is -3.73. The highest BCUT2D eigenvalue weighted by atomic mass is 32.2. The summed E-state index contributed by atoms with van der Waals surface area (Å²) in [6.07, 6.45) is 0. The largest absolute Gasteiger partial charge is 0.320 e. The number of aromatic nitrogens is 1. The lowest BCUT2D eigenvalue weighted by molar-refractivity contribution is 0.102. The van der Waals surface area contributed by atoms with E-state index in [-0.39, 0.29) is 21.6 Å². The third kappa shape index (κ3) is 4.09. The third-order valence-electron chi connectivity index (χ3n) is 3.65. The van der Waals surface area contributed by atoms with Crippen LogP contribution >= 0.6 is 11.3 Å². The second-order valence-corrected chi connectivity index (χ2v) is 8.27. The Hall–Kier alpha value is -2.71. The molecule has 3 aromatic rings. The van der Waals surface area contributed by atoms with Crippen molar-refractivity contribution in [2.45, 2.75) is 18.7 Å². The minimum atomic E-state index is -3.73. The molecule has 0 saturated carbocycles. The van der Waals surface area contributed by atoms with Gasteiger partial charge in [0.1, 0.15) is 5.69 Å². The molecule has 0 fully saturated rings. The highest BCUT2D eigenvalue weighted by Gasteiger charge is 2.18. The third-order valence-corrected chi connectivity index (χ3v) is 5.90. The first-order chi connectivity index (χ1) is 12.3. The smallest absolute Gasteiger partial charge is 0.275 e. The summed E-state index contributed by atoms with van der Waals surface area (Å²) in [6.45, 7) is 3.84. The molecule has 3 rings (SSSR count). The predicted octanol–water partition coefficient (Wildman–Crippen LogP) is 3.81. The summed E-state index contributed by atoms with van der Waals surface area (Å²) in [5, 5.41) is 4.46. The van der Waals surface area contributed by atoms with Gasteiger partial charge >= 0.3 is 0 Å². The first-order valence-electron chi connectivity index (χ1n) is 7.77. The summed E-state index contributed by atoms with van der Waals surface area (Å²) in [5.74, 6) is -0.389. The molecule has 0 aliphatic heterocycles. The zero-order valence-electron chi connectivity index (χ0n) is 14.2. The number of carbonyl (C=O) groups excluding carboxylic acids is 1. The monoisotopic (exact) mass is 387 g/mol. The van der Waals surface area contributed by atoms with Crippen molar-refractivity contribution in [2.75, 3.05) is 10.0 Å². The number of sulfonamides is 1. The zero-order chi connectivity index (χ0) is 18.7. The number of thiazole rings is 1. The van der Waals surface area contributed by atoms with Crippen LogP contribution in [0.4, 0.5) is 10.8 Å². The summed E-state index contributed by atoms with van der Waals surface area (Å²) in [6, 6.07) is 13.7. The Bertz CT molecular complexity index is 1040. The van der Waals surface area contributed by atoms with E-state index in [2.05, 4.69) is 15.0 Å². The Kier molecular flexibility index (Phi) is 5.06. The van der Waals surface area contributed by atoms with Crippen molar-refractivity contribution in [3.05, 3.63) is 70.7 Å². The van der Waals surface area contributed by atoms with Crippen LogP contribution in [0.5, 0.6) is 0 Å². The van der Waals surface area contributed by atoms with E-state index in [0.29, 0.717) is 5.69 Å². The maximum absolute atomic E-state index is 12.4. The number of benzene rings is 2. The fourth-order valence-electron chi connectivity index (χ4n) is 2.26. The second kappa shape index (κ2) is 7.27. The maximum atomic E-state index is 12.4. The first-order valence-corrected chi connectivity index (χ1v) is 10.1. The molecule has 0 saturated heterocycles. The zero-order valence-corrected chi connectivity index (χ0v) is 15.8. The topological polar surface area (TPSA) is 88.2 Å². The molecular formula is C18H17N3O3S2. The molecule has 2 aromatic carbocycles. The van der Waals surface area contributed by atoms with Gasteiger partial charge in [-0.05, 0) is 43.2 Å². The lowest BCUT2D eigenvalue weighted by atomic mass is 10.1. The summed E-state index contributed by atoms with van der Waals surface area (Å²) >= 11 is 1.06. The van der Waals surface area contributed by atoms with E-state index < -0.39 is 10.0 Å². The average Bonchev–Trinajstić information content (AvgIpc) is 3.07. The molecular weight excluding hydrogens is 370 g/mol. The van der Waals surface area contributed by atoms with Crippen molar-refractivity contribution in [2.24, 2.45) is 0 Å². The van der Waals surface area contributed by atoms with Gasteiger partial charge in [0.05, 0.1) is 4.90 Å². The van der Waals surface area contributed by atoms with E-state index in [0.717, 1.165) is 22.5 Å². The lowest BCUT2D eigenvalue weighted by Gasteiger charge is -2.08. The predicted molar refractivity (Wildman–Crippen MR) is 103 cm³/mol. The molecule has 1 heterocycles. The molecule has 0 unspecified atom stereocenters. The minimum Gasteiger partial charge on any atom is -0.320 e. The number of nitrogens with one attached hydrogen (secondary N) is 2. The normalized spacial score (nSPS) is 11.2. The van der Waals surface area contributed by atoms with Crippen LogP contribution in [-0.4, -0.2) is 19.3 Å². The van der Waals surface area contributed by atoms with Crippen LogP contribution < -0.4 is 10.0 Å². The van der Waals surface area contributed by atoms with Crippen LogP contribution in [0, 0.1) is 13.8 Å². The molecule has 0 spiro atoms. The SMILES string of the molecule is Cc1ccc(C)c(NC(=O)c2csc(NS(=O)(=O)c3ccccc3)n2)c1. The van der Waals surface area contributed by atoms with Gasteiger partial charge < -0.3 is 5.32 Å². The second-order valence-electron chi connectivity index (χ2n) is 5.73. The highest BCUT2D eigenvalue weighted by molar-refractivity contribution is 7.93. The van der Waals surface area contributed by atoms with Gasteiger partial charge in [0.15, 0.2) is 5.13 Å². The van der Waals surface area contributed by atoms with Crippen LogP contribution in [0.2, 0.25) is 0 Å². The fourth-order valence-corrected chi connectivity index (χ4v) is 4.22. The lowest BCUT2D eigenvalue weighted by Crippen LogP contribution is -2.15. The van der Waals surface area contributed by atoms with Crippen LogP contribution in [0.25, 0.3) is 0 Å². The molecule has 0 aliphatic rings. The van der Waals surface area contributed by atoms with E-state index in [9.17, 15) is 13.2 Å². The van der Waals surface area contributed by atoms with Gasteiger partial charge in [0.2, 0.25) is 0 Å². The molecule has 1 amide bonds. The van der Waals surface area contributed by atoms with E-state index in [1.807, 2.05) is 32.0 Å². The van der Waals surface area contributed by atoms with Gasteiger partial charge in [-0.1, -0.05) is 30.3 Å². The standard InChI is InChI=1S/C18H17N3O3S2/c1-12-8-9-13(2)15(10-12)19-17(22)16-11-25-18(20-16)21-26(23,24)14-6-4-3-5-7-14/h3-11H,1-2H3,(H,19,22)(H,20,21). The van der Waals surface area contributed by atoms with Crippen LogP contribution in [0.1, 0.15) is 21.6 Å². The van der Waals surface area contributed by atoms with Gasteiger partial charge in [-0.2, -0.15) is 0 Å². The number of amides is 1. The van der Waals surface area contributed by atoms with Gasteiger partial charge in [-0.15, -0.1) is 11.3 Å². The highest BCUT2D eigenvalue weighted by Crippen LogP contribution is 2.22. The van der Waals surface area contributed by atoms with E-state index in [1.165, 1.54) is 17.5 Å². The molecule has 0 bridgehead atoms. The van der Waals surface area contributed by atoms with E-state index in [4.69, 9.17) is 0 Å². The van der Waals surface area contributed by atoms with E-state index >= 15 is 0 Å². The minimum absolute atomic E-state index is 0.136. The number of carbonyl (C=O) groups is 1. The molecule has 6 nitrogen and oxygen atoms in total. The Morgan fingerprint density at radius 3 is 2.54 bits per heavy atom. The van der Waals surface area contributed by atoms with Gasteiger partial charge in [-0.3, -0.25) is 9.52 Å². The Balaban J connectivity index is 1.75. The van der Waals surface area contributed by atoms with Gasteiger partial charge in [-0.25, -0.2) is 13.4 Å². The van der Waals surface area contributed by atoms with Crippen molar-refractivity contribution >= 4 is 38.1 Å². The molecule has 1 aromatic heterocycles. The Labute approximate surface area is 156 Å². The summed E-state index contributed by atoms with van der Waals surface area (Å²) in [4.78, 5) is 16.6.